The first kappa shape index (κ1) is 16.3. The average Bonchev–Trinajstić information content (AvgIpc) is 2.46. The number of halogens is 1. The van der Waals surface area contributed by atoms with Gasteiger partial charge in [0.1, 0.15) is 0 Å². The number of thioether (sulfide) groups is 1. The fourth-order valence-corrected chi connectivity index (χ4v) is 3.29. The average molecular weight is 301 g/mol. The second kappa shape index (κ2) is 8.46. The standard InChI is InChI=1S/C14H20N2OS.ClH/c15-9-11-1-3-13(4-2-11)14(17)16-10-12-5-7-18-8-6-12;/h1-4,12H,5-10,15H2,(H,16,17);1H. The molecule has 0 atom stereocenters. The monoisotopic (exact) mass is 300 g/mol. The Morgan fingerprint density at radius 1 is 1.26 bits per heavy atom. The molecule has 1 heterocycles. The van der Waals surface area contributed by atoms with E-state index in [4.69, 9.17) is 5.73 Å². The van der Waals surface area contributed by atoms with Crippen molar-refractivity contribution in [1.82, 2.24) is 5.32 Å². The van der Waals surface area contributed by atoms with Gasteiger partial charge in [-0.1, -0.05) is 12.1 Å². The third-order valence-corrected chi connectivity index (χ3v) is 4.39. The van der Waals surface area contributed by atoms with Crippen LogP contribution in [0.25, 0.3) is 0 Å². The Labute approximate surface area is 125 Å². The van der Waals surface area contributed by atoms with Crippen LogP contribution in [-0.2, 0) is 6.54 Å². The van der Waals surface area contributed by atoms with E-state index in [-0.39, 0.29) is 18.3 Å². The molecule has 106 valence electrons. The molecule has 2 rings (SSSR count). The maximum atomic E-state index is 11.9. The fourth-order valence-electron chi connectivity index (χ4n) is 2.08. The number of benzene rings is 1. The van der Waals surface area contributed by atoms with Crippen molar-refractivity contribution in [1.29, 1.82) is 0 Å². The number of carbonyl (C=O) groups excluding carboxylic acids is 1. The van der Waals surface area contributed by atoms with Crippen molar-refractivity contribution >= 4 is 30.1 Å². The quantitative estimate of drug-likeness (QED) is 0.898. The lowest BCUT2D eigenvalue weighted by Gasteiger charge is -2.21. The molecule has 1 fully saturated rings. The Balaban J connectivity index is 0.00000180. The van der Waals surface area contributed by atoms with Gasteiger partial charge < -0.3 is 11.1 Å². The van der Waals surface area contributed by atoms with Crippen LogP contribution >= 0.6 is 24.2 Å². The van der Waals surface area contributed by atoms with Crippen molar-refractivity contribution in [3.05, 3.63) is 35.4 Å². The summed E-state index contributed by atoms with van der Waals surface area (Å²) in [4.78, 5) is 11.9. The molecule has 1 amide bonds. The zero-order chi connectivity index (χ0) is 12.8. The summed E-state index contributed by atoms with van der Waals surface area (Å²) in [5.74, 6) is 3.13. The molecule has 19 heavy (non-hydrogen) atoms. The second-order valence-corrected chi connectivity index (χ2v) is 5.89. The van der Waals surface area contributed by atoms with Crippen molar-refractivity contribution in [2.24, 2.45) is 11.7 Å². The van der Waals surface area contributed by atoms with E-state index >= 15 is 0 Å². The van der Waals surface area contributed by atoms with Crippen LogP contribution in [0.5, 0.6) is 0 Å². The highest BCUT2D eigenvalue weighted by Gasteiger charge is 2.14. The second-order valence-electron chi connectivity index (χ2n) is 4.67. The molecular weight excluding hydrogens is 280 g/mol. The molecule has 0 bridgehead atoms. The first-order valence-corrected chi connectivity index (χ1v) is 7.60. The molecule has 1 aromatic rings. The number of hydrogen-bond donors (Lipinski definition) is 2. The van der Waals surface area contributed by atoms with Crippen LogP contribution in [0.3, 0.4) is 0 Å². The minimum Gasteiger partial charge on any atom is -0.352 e. The minimum absolute atomic E-state index is 0. The number of hydrogen-bond acceptors (Lipinski definition) is 3. The van der Waals surface area contributed by atoms with Crippen LogP contribution in [-0.4, -0.2) is 24.0 Å². The molecule has 0 aromatic heterocycles. The van der Waals surface area contributed by atoms with E-state index in [1.54, 1.807) is 0 Å². The molecule has 3 N–H and O–H groups in total. The Hall–Kier alpha value is -0.710. The highest BCUT2D eigenvalue weighted by molar-refractivity contribution is 7.99. The summed E-state index contributed by atoms with van der Waals surface area (Å²) in [6.07, 6.45) is 2.44. The SMILES string of the molecule is Cl.NCc1ccc(C(=O)NCC2CCSCC2)cc1. The Morgan fingerprint density at radius 2 is 1.89 bits per heavy atom. The van der Waals surface area contributed by atoms with Gasteiger partial charge >= 0.3 is 0 Å². The summed E-state index contributed by atoms with van der Waals surface area (Å²) in [7, 11) is 0. The van der Waals surface area contributed by atoms with Gasteiger partial charge in [-0.25, -0.2) is 0 Å². The summed E-state index contributed by atoms with van der Waals surface area (Å²) in [5.41, 5.74) is 7.30. The normalized spacial score (nSPS) is 15.6. The van der Waals surface area contributed by atoms with E-state index in [0.717, 1.165) is 17.7 Å². The largest absolute Gasteiger partial charge is 0.352 e. The number of nitrogens with one attached hydrogen (secondary N) is 1. The van der Waals surface area contributed by atoms with E-state index in [1.807, 2.05) is 36.0 Å². The number of nitrogens with two attached hydrogens (primary N) is 1. The van der Waals surface area contributed by atoms with Crippen molar-refractivity contribution in [3.8, 4) is 0 Å². The summed E-state index contributed by atoms with van der Waals surface area (Å²) >= 11 is 2.01. The molecule has 1 aliphatic heterocycles. The van der Waals surface area contributed by atoms with Gasteiger partial charge in [-0.2, -0.15) is 11.8 Å². The predicted molar refractivity (Wildman–Crippen MR) is 84.0 cm³/mol. The lowest BCUT2D eigenvalue weighted by molar-refractivity contribution is 0.0946. The van der Waals surface area contributed by atoms with Gasteiger partial charge in [0.15, 0.2) is 0 Å². The molecule has 1 aromatic carbocycles. The molecule has 5 heteroatoms. The van der Waals surface area contributed by atoms with Crippen LogP contribution in [0.2, 0.25) is 0 Å². The molecule has 0 saturated carbocycles. The molecule has 0 unspecified atom stereocenters. The van der Waals surface area contributed by atoms with Gasteiger partial charge in [-0.3, -0.25) is 4.79 Å². The van der Waals surface area contributed by atoms with Gasteiger partial charge in [-0.15, -0.1) is 12.4 Å². The smallest absolute Gasteiger partial charge is 0.251 e. The Morgan fingerprint density at radius 3 is 2.47 bits per heavy atom. The summed E-state index contributed by atoms with van der Waals surface area (Å²) in [6.45, 7) is 1.32. The van der Waals surface area contributed by atoms with Crippen LogP contribution in [0.4, 0.5) is 0 Å². The van der Waals surface area contributed by atoms with E-state index in [9.17, 15) is 4.79 Å². The maximum Gasteiger partial charge on any atom is 0.251 e. The first-order chi connectivity index (χ1) is 8.79. The summed E-state index contributed by atoms with van der Waals surface area (Å²) in [6, 6.07) is 7.50. The van der Waals surface area contributed by atoms with Crippen LogP contribution in [0, 0.1) is 5.92 Å². The molecular formula is C14H21ClN2OS. The highest BCUT2D eigenvalue weighted by atomic mass is 35.5. The zero-order valence-electron chi connectivity index (χ0n) is 10.9. The minimum atomic E-state index is 0. The molecule has 1 aliphatic rings. The number of carbonyl (C=O) groups is 1. The van der Waals surface area contributed by atoms with Gasteiger partial charge in [0, 0.05) is 18.7 Å². The van der Waals surface area contributed by atoms with Crippen LogP contribution in [0.1, 0.15) is 28.8 Å². The van der Waals surface area contributed by atoms with E-state index in [2.05, 4.69) is 5.32 Å². The van der Waals surface area contributed by atoms with Gasteiger partial charge in [-0.05, 0) is 48.0 Å². The summed E-state index contributed by atoms with van der Waals surface area (Å²) in [5, 5.41) is 3.03. The number of rotatable bonds is 4. The highest BCUT2D eigenvalue weighted by Crippen LogP contribution is 2.21. The van der Waals surface area contributed by atoms with Gasteiger partial charge in [0.05, 0.1) is 0 Å². The van der Waals surface area contributed by atoms with Crippen molar-refractivity contribution in [3.63, 3.8) is 0 Å². The molecule has 1 saturated heterocycles. The van der Waals surface area contributed by atoms with Crippen molar-refractivity contribution in [2.75, 3.05) is 18.1 Å². The number of amides is 1. The topological polar surface area (TPSA) is 55.1 Å². The Kier molecular flexibility index (Phi) is 7.28. The molecule has 0 spiro atoms. The molecule has 3 nitrogen and oxygen atoms in total. The molecule has 0 aliphatic carbocycles. The molecule has 0 radical (unpaired) electrons. The summed E-state index contributed by atoms with van der Waals surface area (Å²) < 4.78 is 0. The maximum absolute atomic E-state index is 11.9. The van der Waals surface area contributed by atoms with Crippen LogP contribution < -0.4 is 11.1 Å². The first-order valence-electron chi connectivity index (χ1n) is 6.44. The third kappa shape index (κ3) is 5.05. The van der Waals surface area contributed by atoms with E-state index < -0.39 is 0 Å². The zero-order valence-corrected chi connectivity index (χ0v) is 12.6. The lowest BCUT2D eigenvalue weighted by atomic mass is 10.0. The van der Waals surface area contributed by atoms with Crippen molar-refractivity contribution < 1.29 is 4.79 Å². The van der Waals surface area contributed by atoms with Crippen LogP contribution in [0.15, 0.2) is 24.3 Å². The Bertz CT molecular complexity index is 391. The lowest BCUT2D eigenvalue weighted by Crippen LogP contribution is -2.30. The predicted octanol–water partition coefficient (Wildman–Crippen LogP) is 2.44. The van der Waals surface area contributed by atoms with E-state index in [1.165, 1.54) is 24.3 Å². The van der Waals surface area contributed by atoms with Crippen molar-refractivity contribution in [2.45, 2.75) is 19.4 Å². The third-order valence-electron chi connectivity index (χ3n) is 3.34. The van der Waals surface area contributed by atoms with E-state index in [0.29, 0.717) is 12.5 Å². The fraction of sp³-hybridized carbons (Fsp3) is 0.500. The van der Waals surface area contributed by atoms with Gasteiger partial charge in [0.2, 0.25) is 0 Å². The van der Waals surface area contributed by atoms with Gasteiger partial charge in [0.25, 0.3) is 5.91 Å².